The first kappa shape index (κ1) is 12.9. The molecule has 1 amide bonds. The number of fused-ring (bicyclic) bond motifs is 1. The van der Waals surface area contributed by atoms with Gasteiger partial charge in [0, 0.05) is 42.8 Å². The van der Waals surface area contributed by atoms with Gasteiger partial charge in [-0.3, -0.25) is 9.20 Å². The van der Waals surface area contributed by atoms with Gasteiger partial charge >= 0.3 is 0 Å². The minimum Gasteiger partial charge on any atom is -0.351 e. The van der Waals surface area contributed by atoms with Crippen LogP contribution in [0, 0.1) is 6.92 Å². The zero-order chi connectivity index (χ0) is 13.9. The Bertz CT molecular complexity index is 712. The van der Waals surface area contributed by atoms with Crippen LogP contribution in [0.3, 0.4) is 0 Å². The van der Waals surface area contributed by atoms with Crippen LogP contribution in [0.4, 0.5) is 0 Å². The molecule has 6 nitrogen and oxygen atoms in total. The lowest BCUT2D eigenvalue weighted by Gasteiger charge is -2.03. The van der Waals surface area contributed by atoms with Gasteiger partial charge in [0.2, 0.25) is 0 Å². The second-order valence-electron chi connectivity index (χ2n) is 4.57. The van der Waals surface area contributed by atoms with E-state index < -0.39 is 0 Å². The van der Waals surface area contributed by atoms with E-state index in [1.165, 1.54) is 0 Å². The summed E-state index contributed by atoms with van der Waals surface area (Å²) in [6, 6.07) is 0. The number of rotatable bonds is 5. The highest BCUT2D eigenvalue weighted by atomic mass is 32.1. The van der Waals surface area contributed by atoms with Crippen LogP contribution in [-0.2, 0) is 6.54 Å². The number of nitrogens with one attached hydrogen (secondary N) is 1. The normalized spacial score (nSPS) is 11.1. The third-order valence-corrected chi connectivity index (χ3v) is 4.02. The Labute approximate surface area is 120 Å². The van der Waals surface area contributed by atoms with Gasteiger partial charge in [0.15, 0.2) is 4.96 Å². The highest BCUT2D eigenvalue weighted by molar-refractivity contribution is 7.15. The standard InChI is InChI=1S/C13H15N5OS/c1-10-8-20-13-16-11(7-18(10)13)12(19)15-3-2-5-17-6-4-14-9-17/h4,6-9H,2-3,5H2,1H3,(H,15,19). The van der Waals surface area contributed by atoms with Crippen molar-refractivity contribution in [3.8, 4) is 0 Å². The number of amides is 1. The Morgan fingerprint density at radius 2 is 2.40 bits per heavy atom. The van der Waals surface area contributed by atoms with E-state index in [0.29, 0.717) is 12.2 Å². The van der Waals surface area contributed by atoms with Gasteiger partial charge in [-0.1, -0.05) is 0 Å². The van der Waals surface area contributed by atoms with Gasteiger partial charge in [0.25, 0.3) is 5.91 Å². The van der Waals surface area contributed by atoms with Crippen molar-refractivity contribution in [3.05, 3.63) is 41.7 Å². The summed E-state index contributed by atoms with van der Waals surface area (Å²) in [6.45, 7) is 3.47. The van der Waals surface area contributed by atoms with Gasteiger partial charge in [0.05, 0.1) is 6.33 Å². The molecule has 20 heavy (non-hydrogen) atoms. The zero-order valence-corrected chi connectivity index (χ0v) is 11.9. The zero-order valence-electron chi connectivity index (χ0n) is 11.1. The second kappa shape index (κ2) is 5.46. The van der Waals surface area contributed by atoms with E-state index in [4.69, 9.17) is 0 Å². The molecule has 3 heterocycles. The molecule has 3 aromatic rings. The molecule has 3 rings (SSSR count). The smallest absolute Gasteiger partial charge is 0.271 e. The van der Waals surface area contributed by atoms with Crippen molar-refractivity contribution in [2.24, 2.45) is 0 Å². The fraction of sp³-hybridized carbons (Fsp3) is 0.308. The molecule has 0 aliphatic rings. The molecule has 104 valence electrons. The molecule has 0 aromatic carbocycles. The minimum atomic E-state index is -0.120. The van der Waals surface area contributed by atoms with Gasteiger partial charge in [-0.15, -0.1) is 11.3 Å². The first-order valence-corrected chi connectivity index (χ1v) is 7.29. The van der Waals surface area contributed by atoms with Crippen LogP contribution in [-0.4, -0.2) is 31.4 Å². The monoisotopic (exact) mass is 289 g/mol. The Morgan fingerprint density at radius 1 is 1.50 bits per heavy atom. The van der Waals surface area contributed by atoms with Crippen LogP contribution in [0.15, 0.2) is 30.3 Å². The second-order valence-corrected chi connectivity index (χ2v) is 5.40. The highest BCUT2D eigenvalue weighted by Crippen LogP contribution is 2.15. The molecule has 0 bridgehead atoms. The summed E-state index contributed by atoms with van der Waals surface area (Å²) in [7, 11) is 0. The molecule has 0 unspecified atom stereocenters. The van der Waals surface area contributed by atoms with Crippen molar-refractivity contribution in [3.63, 3.8) is 0 Å². The molecule has 0 fully saturated rings. The third kappa shape index (κ3) is 2.57. The summed E-state index contributed by atoms with van der Waals surface area (Å²) in [5.41, 5.74) is 1.57. The average Bonchev–Trinajstić information content (AvgIpc) is 3.13. The summed E-state index contributed by atoms with van der Waals surface area (Å²) in [4.78, 5) is 21.1. The number of hydrogen-bond donors (Lipinski definition) is 1. The van der Waals surface area contributed by atoms with E-state index in [1.807, 2.05) is 27.5 Å². The molecule has 0 atom stereocenters. The average molecular weight is 289 g/mol. The maximum absolute atomic E-state index is 12.0. The minimum absolute atomic E-state index is 0.120. The Morgan fingerprint density at radius 3 is 3.15 bits per heavy atom. The van der Waals surface area contributed by atoms with Gasteiger partial charge in [-0.05, 0) is 13.3 Å². The third-order valence-electron chi connectivity index (χ3n) is 3.06. The van der Waals surface area contributed by atoms with E-state index >= 15 is 0 Å². The summed E-state index contributed by atoms with van der Waals surface area (Å²) >= 11 is 1.54. The predicted molar refractivity (Wildman–Crippen MR) is 77.0 cm³/mol. The first-order valence-electron chi connectivity index (χ1n) is 6.41. The molecule has 0 saturated carbocycles. The van der Waals surface area contributed by atoms with Crippen LogP contribution in [0.5, 0.6) is 0 Å². The van der Waals surface area contributed by atoms with E-state index in [0.717, 1.165) is 23.6 Å². The van der Waals surface area contributed by atoms with E-state index in [9.17, 15) is 4.79 Å². The van der Waals surface area contributed by atoms with E-state index in [2.05, 4.69) is 15.3 Å². The van der Waals surface area contributed by atoms with Crippen molar-refractivity contribution >= 4 is 22.2 Å². The highest BCUT2D eigenvalue weighted by Gasteiger charge is 2.11. The van der Waals surface area contributed by atoms with Crippen LogP contribution in [0.25, 0.3) is 4.96 Å². The first-order chi connectivity index (χ1) is 9.74. The van der Waals surface area contributed by atoms with Gasteiger partial charge in [0.1, 0.15) is 5.69 Å². The molecule has 0 aliphatic carbocycles. The molecule has 1 N–H and O–H groups in total. The number of imidazole rings is 2. The van der Waals surface area contributed by atoms with Crippen LogP contribution >= 0.6 is 11.3 Å². The molecular weight excluding hydrogens is 274 g/mol. The van der Waals surface area contributed by atoms with Crippen LogP contribution < -0.4 is 5.32 Å². The maximum atomic E-state index is 12.0. The number of carbonyl (C=O) groups is 1. The van der Waals surface area contributed by atoms with Gasteiger partial charge < -0.3 is 9.88 Å². The van der Waals surface area contributed by atoms with Crippen molar-refractivity contribution in [2.45, 2.75) is 19.9 Å². The van der Waals surface area contributed by atoms with Crippen molar-refractivity contribution in [1.82, 2.24) is 24.3 Å². The summed E-state index contributed by atoms with van der Waals surface area (Å²) in [5.74, 6) is -0.120. The number of thiazole rings is 1. The molecule has 0 radical (unpaired) electrons. The molecular formula is C13H15N5OS. The Kier molecular flexibility index (Phi) is 3.51. The topological polar surface area (TPSA) is 64.2 Å². The SMILES string of the molecule is Cc1csc2nc(C(=O)NCCCn3ccnc3)cn12. The van der Waals surface area contributed by atoms with Crippen molar-refractivity contribution in [2.75, 3.05) is 6.54 Å². The molecule has 7 heteroatoms. The molecule has 0 saturated heterocycles. The Hall–Kier alpha value is -2.15. The summed E-state index contributed by atoms with van der Waals surface area (Å²) in [6.07, 6.45) is 8.08. The van der Waals surface area contributed by atoms with Crippen LogP contribution in [0.2, 0.25) is 0 Å². The van der Waals surface area contributed by atoms with E-state index in [1.54, 1.807) is 30.1 Å². The number of nitrogens with zero attached hydrogens (tertiary/aromatic N) is 4. The largest absolute Gasteiger partial charge is 0.351 e. The number of hydrogen-bond acceptors (Lipinski definition) is 4. The number of aromatic nitrogens is 4. The van der Waals surface area contributed by atoms with Gasteiger partial charge in [-0.25, -0.2) is 9.97 Å². The quantitative estimate of drug-likeness (QED) is 0.727. The fourth-order valence-electron chi connectivity index (χ4n) is 1.98. The lowest BCUT2D eigenvalue weighted by atomic mass is 10.4. The molecule has 3 aromatic heterocycles. The number of carbonyl (C=O) groups excluding carboxylic acids is 1. The van der Waals surface area contributed by atoms with E-state index in [-0.39, 0.29) is 5.91 Å². The maximum Gasteiger partial charge on any atom is 0.271 e. The van der Waals surface area contributed by atoms with Crippen molar-refractivity contribution in [1.29, 1.82) is 0 Å². The Balaban J connectivity index is 1.53. The predicted octanol–water partition coefficient (Wildman–Crippen LogP) is 1.72. The summed E-state index contributed by atoms with van der Waals surface area (Å²) in [5, 5.41) is 4.91. The lowest BCUT2D eigenvalue weighted by Crippen LogP contribution is -2.25. The fourth-order valence-corrected chi connectivity index (χ4v) is 2.83. The molecule has 0 aliphatic heterocycles. The lowest BCUT2D eigenvalue weighted by molar-refractivity contribution is 0.0948. The van der Waals surface area contributed by atoms with Gasteiger partial charge in [-0.2, -0.15) is 0 Å². The van der Waals surface area contributed by atoms with Crippen molar-refractivity contribution < 1.29 is 4.79 Å². The number of aryl methyl sites for hydroxylation is 2. The molecule has 0 spiro atoms. The van der Waals surface area contributed by atoms with Crippen LogP contribution in [0.1, 0.15) is 22.6 Å². The summed E-state index contributed by atoms with van der Waals surface area (Å²) < 4.78 is 3.92.